The van der Waals surface area contributed by atoms with Crippen LogP contribution < -0.4 is 5.56 Å². The van der Waals surface area contributed by atoms with Crippen molar-refractivity contribution in [3.05, 3.63) is 69.3 Å². The van der Waals surface area contributed by atoms with Gasteiger partial charge in [-0.05, 0) is 43.7 Å². The maximum absolute atomic E-state index is 12.8. The lowest BCUT2D eigenvalue weighted by molar-refractivity contribution is 0.475. The lowest BCUT2D eigenvalue weighted by Crippen LogP contribution is -2.09. The summed E-state index contributed by atoms with van der Waals surface area (Å²) in [5, 5.41) is 10.1. The number of H-pyrrole nitrogens is 1. The monoisotopic (exact) mass is 348 g/mol. The number of hydrogen-bond donors (Lipinski definition) is 2. The highest BCUT2D eigenvalue weighted by Gasteiger charge is 2.17. The van der Waals surface area contributed by atoms with Crippen LogP contribution in [0.25, 0.3) is 32.7 Å². The molecule has 25 heavy (non-hydrogen) atoms. The zero-order valence-corrected chi connectivity index (χ0v) is 14.6. The highest BCUT2D eigenvalue weighted by Crippen LogP contribution is 2.36. The molecule has 0 unspecified atom stereocenters. The molecule has 0 radical (unpaired) electrons. The molecule has 0 saturated heterocycles. The van der Waals surface area contributed by atoms with Crippen LogP contribution >= 0.6 is 11.3 Å². The molecule has 0 saturated carbocycles. The van der Waals surface area contributed by atoms with Crippen molar-refractivity contribution in [2.75, 3.05) is 0 Å². The zero-order valence-electron chi connectivity index (χ0n) is 13.8. The molecule has 0 fully saturated rings. The molecule has 4 aromatic rings. The van der Waals surface area contributed by atoms with Gasteiger partial charge in [0.25, 0.3) is 5.56 Å². The third-order valence-electron chi connectivity index (χ3n) is 4.22. The van der Waals surface area contributed by atoms with Crippen LogP contribution in [0.5, 0.6) is 5.75 Å². The number of hydrogen-bond acceptors (Lipinski definition) is 4. The molecular formula is C20H16N2O2S. The molecule has 5 heteroatoms. The highest BCUT2D eigenvalue weighted by atomic mass is 32.1. The number of aryl methyl sites for hydroxylation is 2. The summed E-state index contributed by atoms with van der Waals surface area (Å²) in [5.74, 6) is 0.690. The fourth-order valence-corrected chi connectivity index (χ4v) is 3.99. The van der Waals surface area contributed by atoms with Crippen LogP contribution in [0.4, 0.5) is 0 Å². The maximum atomic E-state index is 12.8. The van der Waals surface area contributed by atoms with E-state index in [2.05, 4.69) is 9.97 Å². The zero-order chi connectivity index (χ0) is 17.6. The molecule has 0 aliphatic heterocycles. The minimum atomic E-state index is -0.145. The molecule has 0 bridgehead atoms. The fraction of sp³-hybridized carbons (Fsp3) is 0.100. The molecule has 2 heterocycles. The summed E-state index contributed by atoms with van der Waals surface area (Å²) in [6.07, 6.45) is 0. The number of aromatic hydroxyl groups is 1. The van der Waals surface area contributed by atoms with Gasteiger partial charge in [-0.1, -0.05) is 29.8 Å². The number of phenolic OH excluding ortho intramolecular Hbond substituents is 1. The molecule has 4 nitrogen and oxygen atoms in total. The summed E-state index contributed by atoms with van der Waals surface area (Å²) in [6.45, 7) is 4.06. The number of nitrogens with zero attached hydrogens (tertiary/aromatic N) is 1. The largest absolute Gasteiger partial charge is 0.508 e. The number of fused-ring (bicyclic) bond motifs is 1. The van der Waals surface area contributed by atoms with Gasteiger partial charge in [0.05, 0.1) is 5.39 Å². The van der Waals surface area contributed by atoms with E-state index in [-0.39, 0.29) is 11.3 Å². The Morgan fingerprint density at radius 2 is 1.60 bits per heavy atom. The van der Waals surface area contributed by atoms with Crippen LogP contribution in [-0.2, 0) is 0 Å². The van der Waals surface area contributed by atoms with E-state index in [1.807, 2.05) is 38.1 Å². The van der Waals surface area contributed by atoms with Crippen LogP contribution in [-0.4, -0.2) is 15.1 Å². The maximum Gasteiger partial charge on any atom is 0.260 e. The highest BCUT2D eigenvalue weighted by molar-refractivity contribution is 7.19. The molecule has 2 aromatic heterocycles. The predicted molar refractivity (Wildman–Crippen MR) is 102 cm³/mol. The summed E-state index contributed by atoms with van der Waals surface area (Å²) in [5.41, 5.74) is 3.78. The molecule has 0 aliphatic rings. The molecule has 0 amide bonds. The average molecular weight is 348 g/mol. The van der Waals surface area contributed by atoms with Crippen molar-refractivity contribution < 1.29 is 5.11 Å². The predicted octanol–water partition coefficient (Wildman–Crippen LogP) is 4.64. The van der Waals surface area contributed by atoms with E-state index in [0.29, 0.717) is 11.2 Å². The van der Waals surface area contributed by atoms with Gasteiger partial charge in [-0.25, -0.2) is 4.98 Å². The number of thiophene rings is 1. The number of nitrogens with one attached hydrogen (secondary N) is 1. The van der Waals surface area contributed by atoms with Gasteiger partial charge >= 0.3 is 0 Å². The van der Waals surface area contributed by atoms with E-state index >= 15 is 0 Å². The first-order chi connectivity index (χ1) is 12.0. The Hall–Kier alpha value is -2.92. The lowest BCUT2D eigenvalue weighted by Gasteiger charge is -2.04. The van der Waals surface area contributed by atoms with Gasteiger partial charge in [0.1, 0.15) is 16.4 Å². The fourth-order valence-electron chi connectivity index (χ4n) is 2.94. The summed E-state index contributed by atoms with van der Waals surface area (Å²) in [6, 6.07) is 14.8. The Labute approximate surface area is 148 Å². The lowest BCUT2D eigenvalue weighted by atomic mass is 10.0. The topological polar surface area (TPSA) is 66.0 Å². The van der Waals surface area contributed by atoms with Gasteiger partial charge in [0, 0.05) is 16.0 Å². The van der Waals surface area contributed by atoms with Gasteiger partial charge in [0.15, 0.2) is 0 Å². The van der Waals surface area contributed by atoms with E-state index in [1.165, 1.54) is 16.9 Å². The third kappa shape index (κ3) is 2.72. The van der Waals surface area contributed by atoms with Crippen molar-refractivity contribution in [2.45, 2.75) is 13.8 Å². The van der Waals surface area contributed by atoms with E-state index in [0.717, 1.165) is 26.4 Å². The van der Waals surface area contributed by atoms with E-state index in [9.17, 15) is 9.90 Å². The smallest absolute Gasteiger partial charge is 0.260 e. The van der Waals surface area contributed by atoms with Gasteiger partial charge in [0.2, 0.25) is 0 Å². The Morgan fingerprint density at radius 1 is 0.960 bits per heavy atom. The van der Waals surface area contributed by atoms with Crippen molar-refractivity contribution in [1.29, 1.82) is 0 Å². The second-order valence-corrected chi connectivity index (χ2v) is 7.24. The summed E-state index contributed by atoms with van der Waals surface area (Å²) in [7, 11) is 0. The number of aromatic amines is 1. The van der Waals surface area contributed by atoms with E-state index in [4.69, 9.17) is 0 Å². The first kappa shape index (κ1) is 15.6. The standard InChI is InChI=1S/C20H16N2O2S/c1-11-3-5-13(6-4-11)16-12(2)25-20-17(16)19(24)21-18(22-20)14-7-9-15(23)10-8-14/h3-10,23H,1-2H3,(H,21,22,24). The van der Waals surface area contributed by atoms with Crippen LogP contribution in [0.2, 0.25) is 0 Å². The summed E-state index contributed by atoms with van der Waals surface area (Å²) < 4.78 is 0. The Bertz CT molecular complexity index is 1120. The van der Waals surface area contributed by atoms with Crippen molar-refractivity contribution in [1.82, 2.24) is 9.97 Å². The van der Waals surface area contributed by atoms with Gasteiger partial charge in [-0.3, -0.25) is 4.79 Å². The second-order valence-electron chi connectivity index (χ2n) is 6.04. The minimum absolute atomic E-state index is 0.145. The molecule has 0 spiro atoms. The average Bonchev–Trinajstić information content (AvgIpc) is 2.93. The van der Waals surface area contributed by atoms with Crippen molar-refractivity contribution >= 4 is 21.6 Å². The number of benzene rings is 2. The second kappa shape index (κ2) is 5.86. The molecule has 0 atom stereocenters. The molecule has 2 N–H and O–H groups in total. The molecule has 0 aliphatic carbocycles. The van der Waals surface area contributed by atoms with Crippen molar-refractivity contribution in [3.8, 4) is 28.3 Å². The molecule has 4 rings (SSSR count). The van der Waals surface area contributed by atoms with Crippen LogP contribution in [0.3, 0.4) is 0 Å². The van der Waals surface area contributed by atoms with Crippen LogP contribution in [0.1, 0.15) is 10.4 Å². The first-order valence-corrected chi connectivity index (χ1v) is 8.74. The third-order valence-corrected chi connectivity index (χ3v) is 5.22. The first-order valence-electron chi connectivity index (χ1n) is 7.93. The Balaban J connectivity index is 1.93. The van der Waals surface area contributed by atoms with Crippen LogP contribution in [0.15, 0.2) is 53.3 Å². The van der Waals surface area contributed by atoms with Crippen molar-refractivity contribution in [2.24, 2.45) is 0 Å². The normalized spacial score (nSPS) is 11.1. The summed E-state index contributed by atoms with van der Waals surface area (Å²) >= 11 is 1.52. The number of aromatic nitrogens is 2. The number of phenols is 1. The Kier molecular flexibility index (Phi) is 3.66. The Morgan fingerprint density at radius 3 is 2.28 bits per heavy atom. The van der Waals surface area contributed by atoms with E-state index < -0.39 is 0 Å². The number of rotatable bonds is 2. The summed E-state index contributed by atoms with van der Waals surface area (Å²) in [4.78, 5) is 22.1. The quantitative estimate of drug-likeness (QED) is 0.554. The minimum Gasteiger partial charge on any atom is -0.508 e. The SMILES string of the molecule is Cc1ccc(-c2c(C)sc3nc(-c4ccc(O)cc4)[nH]c(=O)c23)cc1. The van der Waals surface area contributed by atoms with E-state index in [1.54, 1.807) is 24.3 Å². The van der Waals surface area contributed by atoms with Crippen molar-refractivity contribution in [3.63, 3.8) is 0 Å². The van der Waals surface area contributed by atoms with Gasteiger partial charge in [-0.15, -0.1) is 11.3 Å². The molecular weight excluding hydrogens is 332 g/mol. The van der Waals surface area contributed by atoms with Gasteiger partial charge in [-0.2, -0.15) is 0 Å². The van der Waals surface area contributed by atoms with Gasteiger partial charge < -0.3 is 10.1 Å². The molecule has 124 valence electrons. The van der Waals surface area contributed by atoms with Crippen LogP contribution in [0, 0.1) is 13.8 Å². The molecule has 2 aromatic carbocycles.